The van der Waals surface area contributed by atoms with Crippen LogP contribution in [0.15, 0.2) is 84.9 Å². The number of anilines is 2. The Labute approximate surface area is 224 Å². The van der Waals surface area contributed by atoms with Crippen LogP contribution in [-0.2, 0) is 16.8 Å². The quantitative estimate of drug-likeness (QED) is 0.421. The van der Waals surface area contributed by atoms with E-state index < -0.39 is 5.41 Å². The Kier molecular flexibility index (Phi) is 5.07. The minimum absolute atomic E-state index is 0.122. The molecule has 8 heteroatoms. The first kappa shape index (κ1) is 22.9. The fourth-order valence-electron chi connectivity index (χ4n) is 5.60. The van der Waals surface area contributed by atoms with Gasteiger partial charge in [-0.05, 0) is 53.6 Å². The van der Waals surface area contributed by atoms with Gasteiger partial charge in [0.1, 0.15) is 17.8 Å². The maximum Gasteiger partial charge on any atom is 0.256 e. The van der Waals surface area contributed by atoms with E-state index in [1.807, 2.05) is 42.5 Å². The average Bonchev–Trinajstić information content (AvgIpc) is 3.65. The first-order valence-corrected chi connectivity index (χ1v) is 12.5. The number of nitrogens with one attached hydrogen (secondary N) is 1. The fraction of sp³-hybridized carbons (Fsp3) is 0.129. The van der Waals surface area contributed by atoms with Crippen LogP contribution < -0.4 is 24.4 Å². The summed E-state index contributed by atoms with van der Waals surface area (Å²) >= 11 is 0. The van der Waals surface area contributed by atoms with Crippen molar-refractivity contribution in [1.82, 2.24) is 0 Å². The Morgan fingerprint density at radius 2 is 1.64 bits per heavy atom. The van der Waals surface area contributed by atoms with E-state index in [1.165, 1.54) is 0 Å². The van der Waals surface area contributed by atoms with Gasteiger partial charge in [0.05, 0.1) is 18.2 Å². The number of nitriles is 1. The van der Waals surface area contributed by atoms with Gasteiger partial charge in [-0.2, -0.15) is 5.26 Å². The number of hydrogen-bond acceptors (Lipinski definition) is 6. The summed E-state index contributed by atoms with van der Waals surface area (Å²) in [4.78, 5) is 29.3. The van der Waals surface area contributed by atoms with Crippen LogP contribution >= 0.6 is 0 Å². The van der Waals surface area contributed by atoms with Gasteiger partial charge >= 0.3 is 0 Å². The third kappa shape index (κ3) is 3.44. The number of carbonyl (C=O) groups is 2. The molecule has 4 aromatic rings. The molecule has 0 aliphatic carbocycles. The van der Waals surface area contributed by atoms with Crippen molar-refractivity contribution in [3.63, 3.8) is 0 Å². The lowest BCUT2D eigenvalue weighted by Gasteiger charge is -2.24. The molecule has 1 N–H and O–H groups in total. The van der Waals surface area contributed by atoms with Gasteiger partial charge in [0.15, 0.2) is 11.5 Å². The number of carbonyl (C=O) groups excluding carboxylic acids is 2. The number of para-hydroxylation sites is 1. The Bertz CT molecular complexity index is 1710. The molecule has 3 aliphatic heterocycles. The number of benzene rings is 4. The molecule has 7 rings (SSSR count). The summed E-state index contributed by atoms with van der Waals surface area (Å²) in [6, 6.07) is 27.3. The van der Waals surface area contributed by atoms with Gasteiger partial charge in [-0.25, -0.2) is 0 Å². The summed E-state index contributed by atoms with van der Waals surface area (Å²) < 4.78 is 17.2. The van der Waals surface area contributed by atoms with Crippen LogP contribution in [-0.4, -0.2) is 25.2 Å². The van der Waals surface area contributed by atoms with Crippen LogP contribution in [0.2, 0.25) is 0 Å². The largest absolute Gasteiger partial charge is 0.491 e. The van der Waals surface area contributed by atoms with E-state index >= 15 is 0 Å². The van der Waals surface area contributed by atoms with E-state index in [1.54, 1.807) is 47.4 Å². The number of hydrogen-bond donors (Lipinski definition) is 1. The highest BCUT2D eigenvalue weighted by Gasteiger charge is 2.57. The number of fused-ring (bicyclic) bond motifs is 5. The van der Waals surface area contributed by atoms with Gasteiger partial charge in [-0.15, -0.1) is 0 Å². The van der Waals surface area contributed by atoms with E-state index in [2.05, 4.69) is 11.4 Å². The summed E-state index contributed by atoms with van der Waals surface area (Å²) in [5.74, 6) is 1.37. The van der Waals surface area contributed by atoms with E-state index in [9.17, 15) is 9.59 Å². The minimum Gasteiger partial charge on any atom is -0.491 e. The lowest BCUT2D eigenvalue weighted by Crippen LogP contribution is -2.42. The monoisotopic (exact) mass is 515 g/mol. The summed E-state index contributed by atoms with van der Waals surface area (Å²) in [5.41, 5.74) is 3.61. The Morgan fingerprint density at radius 3 is 2.46 bits per heavy atom. The molecule has 0 saturated heterocycles. The van der Waals surface area contributed by atoms with Crippen LogP contribution in [0.1, 0.15) is 32.6 Å². The van der Waals surface area contributed by atoms with E-state index in [-0.39, 0.29) is 31.8 Å². The van der Waals surface area contributed by atoms with Gasteiger partial charge in [-0.1, -0.05) is 36.4 Å². The van der Waals surface area contributed by atoms with Crippen molar-refractivity contribution in [2.45, 2.75) is 12.0 Å². The second kappa shape index (κ2) is 8.64. The first-order chi connectivity index (χ1) is 19.1. The summed E-state index contributed by atoms with van der Waals surface area (Å²) in [6.45, 7) is 0.496. The summed E-state index contributed by atoms with van der Waals surface area (Å²) in [6.07, 6.45) is 0. The van der Waals surface area contributed by atoms with Gasteiger partial charge in [-0.3, -0.25) is 9.59 Å². The number of amides is 2. The molecule has 39 heavy (non-hydrogen) atoms. The predicted octanol–water partition coefficient (Wildman–Crippen LogP) is 4.76. The molecule has 3 aliphatic rings. The molecular formula is C31H21N3O5. The Balaban J connectivity index is 1.24. The molecule has 0 aromatic heterocycles. The molecule has 3 heterocycles. The summed E-state index contributed by atoms with van der Waals surface area (Å²) in [7, 11) is 0. The Hall–Kier alpha value is -5.29. The SMILES string of the molecule is N#Cc1ccc(NC(=O)c2ccccc2CN2C(=O)C3(COc4cc5c(cc43)OCO5)c3ccccc32)cc1. The highest BCUT2D eigenvalue weighted by Crippen LogP contribution is 2.55. The molecule has 8 nitrogen and oxygen atoms in total. The van der Waals surface area contributed by atoms with Crippen LogP contribution in [0.3, 0.4) is 0 Å². The zero-order chi connectivity index (χ0) is 26.6. The second-order valence-electron chi connectivity index (χ2n) is 9.60. The molecule has 1 atom stereocenters. The van der Waals surface area contributed by atoms with Crippen molar-refractivity contribution in [3.05, 3.63) is 113 Å². The van der Waals surface area contributed by atoms with E-state index in [0.29, 0.717) is 39.6 Å². The first-order valence-electron chi connectivity index (χ1n) is 12.5. The lowest BCUT2D eigenvalue weighted by atomic mass is 9.77. The smallest absolute Gasteiger partial charge is 0.256 e. The number of ether oxygens (including phenoxy) is 3. The maximum atomic E-state index is 14.3. The normalized spacial score (nSPS) is 17.9. The fourth-order valence-corrected chi connectivity index (χ4v) is 5.60. The van der Waals surface area contributed by atoms with Crippen molar-refractivity contribution < 1.29 is 23.8 Å². The lowest BCUT2D eigenvalue weighted by molar-refractivity contribution is -0.122. The van der Waals surface area contributed by atoms with Crippen molar-refractivity contribution in [3.8, 4) is 23.3 Å². The third-order valence-electron chi connectivity index (χ3n) is 7.51. The van der Waals surface area contributed by atoms with Crippen LogP contribution in [0.25, 0.3) is 0 Å². The van der Waals surface area contributed by atoms with Crippen LogP contribution in [0.5, 0.6) is 17.2 Å². The molecule has 0 bridgehead atoms. The van der Waals surface area contributed by atoms with Crippen LogP contribution in [0, 0.1) is 11.3 Å². The molecule has 0 radical (unpaired) electrons. The molecule has 2 amide bonds. The van der Waals surface area contributed by atoms with Crippen molar-refractivity contribution in [2.24, 2.45) is 0 Å². The molecule has 4 aromatic carbocycles. The van der Waals surface area contributed by atoms with E-state index in [4.69, 9.17) is 19.5 Å². The van der Waals surface area contributed by atoms with Crippen molar-refractivity contribution >= 4 is 23.2 Å². The number of rotatable bonds is 4. The van der Waals surface area contributed by atoms with Crippen molar-refractivity contribution in [2.75, 3.05) is 23.6 Å². The highest BCUT2D eigenvalue weighted by molar-refractivity contribution is 6.12. The van der Waals surface area contributed by atoms with Gasteiger partial charge in [0.25, 0.3) is 5.91 Å². The zero-order valence-corrected chi connectivity index (χ0v) is 20.6. The summed E-state index contributed by atoms with van der Waals surface area (Å²) in [5, 5.41) is 11.9. The van der Waals surface area contributed by atoms with Gasteiger partial charge < -0.3 is 24.4 Å². The van der Waals surface area contributed by atoms with Gasteiger partial charge in [0.2, 0.25) is 12.7 Å². The van der Waals surface area contributed by atoms with Crippen molar-refractivity contribution in [1.29, 1.82) is 5.26 Å². The molecule has 0 saturated carbocycles. The van der Waals surface area contributed by atoms with E-state index in [0.717, 1.165) is 16.8 Å². The predicted molar refractivity (Wildman–Crippen MR) is 142 cm³/mol. The average molecular weight is 516 g/mol. The zero-order valence-electron chi connectivity index (χ0n) is 20.6. The van der Waals surface area contributed by atoms with Gasteiger partial charge in [0, 0.05) is 28.6 Å². The third-order valence-corrected chi connectivity index (χ3v) is 7.51. The maximum absolute atomic E-state index is 14.3. The number of nitrogens with zero attached hydrogens (tertiary/aromatic N) is 2. The molecule has 0 fully saturated rings. The second-order valence-corrected chi connectivity index (χ2v) is 9.60. The molecule has 1 spiro atoms. The topological polar surface area (TPSA) is 101 Å². The Morgan fingerprint density at radius 1 is 0.897 bits per heavy atom. The minimum atomic E-state index is -1.02. The molecular weight excluding hydrogens is 494 g/mol. The standard InChI is InChI=1S/C31H21N3O5/c32-15-19-9-11-21(12-10-19)33-29(35)22-6-2-1-5-20(22)16-34-25-8-4-3-7-23(25)31(30(34)36)17-37-26-14-28-27(13-24(26)31)38-18-39-28/h1-14H,16-18H2,(H,33,35). The molecule has 190 valence electrons. The van der Waals surface area contributed by atoms with Crippen LogP contribution in [0.4, 0.5) is 11.4 Å². The highest BCUT2D eigenvalue weighted by atomic mass is 16.7. The molecule has 1 unspecified atom stereocenters.